The van der Waals surface area contributed by atoms with Crippen molar-refractivity contribution >= 4 is 39.7 Å². The lowest BCUT2D eigenvalue weighted by Gasteiger charge is -2.23. The van der Waals surface area contributed by atoms with Crippen LogP contribution >= 0.6 is 11.8 Å². The molecule has 4 N–H and O–H groups in total. The van der Waals surface area contributed by atoms with Crippen molar-refractivity contribution in [1.29, 1.82) is 0 Å². The van der Waals surface area contributed by atoms with E-state index >= 15 is 0 Å². The highest BCUT2D eigenvalue weighted by atomic mass is 32.2. The van der Waals surface area contributed by atoms with Crippen molar-refractivity contribution in [2.45, 2.75) is 73.7 Å². The number of carbonyl (C=O) groups excluding carboxylic acids is 2. The predicted molar refractivity (Wildman–Crippen MR) is 154 cm³/mol. The van der Waals surface area contributed by atoms with Gasteiger partial charge in [0.05, 0.1) is 49.0 Å². The molecule has 0 bridgehead atoms. The van der Waals surface area contributed by atoms with Gasteiger partial charge in [0.2, 0.25) is 15.9 Å². The molecule has 0 spiro atoms. The van der Waals surface area contributed by atoms with E-state index in [-0.39, 0.29) is 66.9 Å². The van der Waals surface area contributed by atoms with Gasteiger partial charge < -0.3 is 30.5 Å². The Morgan fingerprint density at radius 2 is 1.88 bits per heavy atom. The standard InChI is InChI=1S/C27H39FN4O8S2/c1-17-22(9-8-19(24(17)28)26(34)35)42(37,38)32(18-6-7-18)11-13-40-15-14-39-12-10-29-23(33)5-3-2-4-21-25-20(16-41-21)30-27(36)31-25/h8-9,18,20-21,25H,2-7,10-16H2,1H3,(H,29,33)(H,34,35)(H2,30,31,36)/t20-,21-,25-/m0/s1. The van der Waals surface area contributed by atoms with Gasteiger partial charge in [-0.1, -0.05) is 6.42 Å². The molecule has 0 unspecified atom stereocenters. The van der Waals surface area contributed by atoms with Crippen LogP contribution in [0, 0.1) is 12.7 Å². The minimum absolute atomic E-state index is 0.0308. The van der Waals surface area contributed by atoms with E-state index in [0.717, 1.165) is 37.1 Å². The third-order valence-corrected chi connectivity index (χ3v) is 11.2. The van der Waals surface area contributed by atoms with Gasteiger partial charge in [0, 0.05) is 42.1 Å². The van der Waals surface area contributed by atoms with Crippen LogP contribution in [0.5, 0.6) is 0 Å². The second kappa shape index (κ2) is 14.8. The van der Waals surface area contributed by atoms with Crippen LogP contribution in [0.1, 0.15) is 54.4 Å². The average Bonchev–Trinajstić information content (AvgIpc) is 3.61. The molecule has 3 atom stereocenters. The molecule has 234 valence electrons. The Balaban J connectivity index is 1.05. The van der Waals surface area contributed by atoms with Gasteiger partial charge in [-0.3, -0.25) is 4.79 Å². The van der Waals surface area contributed by atoms with Gasteiger partial charge in [-0.15, -0.1) is 0 Å². The number of benzene rings is 1. The summed E-state index contributed by atoms with van der Waals surface area (Å²) in [6, 6.07) is 2.22. The Morgan fingerprint density at radius 3 is 2.60 bits per heavy atom. The van der Waals surface area contributed by atoms with Crippen molar-refractivity contribution in [2.24, 2.45) is 0 Å². The summed E-state index contributed by atoms with van der Waals surface area (Å²) in [5.74, 6) is -1.62. The second-order valence-corrected chi connectivity index (χ2v) is 13.8. The minimum Gasteiger partial charge on any atom is -0.478 e. The first kappa shape index (κ1) is 32.5. The molecule has 3 aliphatic rings. The lowest BCUT2D eigenvalue weighted by Crippen LogP contribution is -2.36. The number of sulfonamides is 1. The number of unbranched alkanes of at least 4 members (excludes halogenated alkanes) is 1. The van der Waals surface area contributed by atoms with E-state index in [1.165, 1.54) is 11.2 Å². The van der Waals surface area contributed by atoms with Gasteiger partial charge in [0.25, 0.3) is 0 Å². The molecule has 15 heteroatoms. The summed E-state index contributed by atoms with van der Waals surface area (Å²) in [6.45, 7) is 2.68. The number of hydrogen-bond acceptors (Lipinski definition) is 8. The number of aromatic carboxylic acids is 1. The summed E-state index contributed by atoms with van der Waals surface area (Å²) in [4.78, 5) is 34.4. The molecule has 4 rings (SSSR count). The number of amides is 3. The van der Waals surface area contributed by atoms with E-state index in [1.54, 1.807) is 0 Å². The van der Waals surface area contributed by atoms with Gasteiger partial charge in [0.1, 0.15) is 5.82 Å². The molecular formula is C27H39FN4O8S2. The molecule has 2 saturated heterocycles. The predicted octanol–water partition coefficient (Wildman–Crippen LogP) is 1.86. The fraction of sp³-hybridized carbons (Fsp3) is 0.667. The number of nitrogens with one attached hydrogen (secondary N) is 3. The lowest BCUT2D eigenvalue weighted by atomic mass is 10.0. The SMILES string of the molecule is Cc1c(S(=O)(=O)N(CCOCCOCCNC(=O)CCCC[C@@H]2SC[C@@H]3NC(=O)N[C@@H]32)C2CC2)ccc(C(=O)O)c1F. The molecule has 3 amide bonds. The van der Waals surface area contributed by atoms with Crippen LogP contribution in [0.4, 0.5) is 9.18 Å². The van der Waals surface area contributed by atoms with E-state index in [0.29, 0.717) is 37.7 Å². The topological polar surface area (TPSA) is 163 Å². The van der Waals surface area contributed by atoms with Crippen molar-refractivity contribution in [3.05, 3.63) is 29.1 Å². The molecule has 1 saturated carbocycles. The van der Waals surface area contributed by atoms with Crippen LogP contribution in [0.3, 0.4) is 0 Å². The van der Waals surface area contributed by atoms with E-state index in [9.17, 15) is 27.2 Å². The van der Waals surface area contributed by atoms with Gasteiger partial charge in [-0.2, -0.15) is 16.1 Å². The monoisotopic (exact) mass is 630 g/mol. The minimum atomic E-state index is -4.03. The maximum Gasteiger partial charge on any atom is 0.338 e. The van der Waals surface area contributed by atoms with Crippen LogP contribution < -0.4 is 16.0 Å². The molecular weight excluding hydrogens is 591 g/mol. The molecule has 42 heavy (non-hydrogen) atoms. The summed E-state index contributed by atoms with van der Waals surface area (Å²) in [5, 5.41) is 18.2. The molecule has 2 aliphatic heterocycles. The number of fused-ring (bicyclic) bond motifs is 1. The molecule has 3 fully saturated rings. The number of hydrogen-bond donors (Lipinski definition) is 4. The highest BCUT2D eigenvalue weighted by Gasteiger charge is 2.42. The molecule has 0 radical (unpaired) electrons. The van der Waals surface area contributed by atoms with Crippen molar-refractivity contribution in [3.8, 4) is 0 Å². The highest BCUT2D eigenvalue weighted by Crippen LogP contribution is 2.34. The number of thioether (sulfide) groups is 1. The summed E-state index contributed by atoms with van der Waals surface area (Å²) >= 11 is 1.87. The molecule has 1 aromatic rings. The number of carboxylic acid groups (broad SMARTS) is 1. The lowest BCUT2D eigenvalue weighted by molar-refractivity contribution is -0.121. The zero-order chi connectivity index (χ0) is 30.3. The van der Waals surface area contributed by atoms with Crippen LogP contribution in [0.2, 0.25) is 0 Å². The molecule has 2 heterocycles. The van der Waals surface area contributed by atoms with Crippen molar-refractivity contribution in [2.75, 3.05) is 45.3 Å². The van der Waals surface area contributed by atoms with Gasteiger partial charge in [-0.05, 0) is 44.7 Å². The van der Waals surface area contributed by atoms with Crippen LogP contribution in [-0.4, -0.2) is 104 Å². The smallest absolute Gasteiger partial charge is 0.338 e. The van der Waals surface area contributed by atoms with Crippen LogP contribution in [0.25, 0.3) is 0 Å². The van der Waals surface area contributed by atoms with Crippen molar-refractivity contribution < 1.29 is 41.8 Å². The largest absolute Gasteiger partial charge is 0.478 e. The first-order chi connectivity index (χ1) is 20.1. The Hall–Kier alpha value is -2.46. The fourth-order valence-electron chi connectivity index (χ4n) is 5.20. The van der Waals surface area contributed by atoms with Crippen molar-refractivity contribution in [1.82, 2.24) is 20.3 Å². The van der Waals surface area contributed by atoms with Gasteiger partial charge in [-0.25, -0.2) is 22.4 Å². The van der Waals surface area contributed by atoms with E-state index in [1.807, 2.05) is 11.8 Å². The van der Waals surface area contributed by atoms with E-state index < -0.39 is 27.4 Å². The third-order valence-electron chi connectivity index (χ3n) is 7.59. The van der Waals surface area contributed by atoms with Crippen molar-refractivity contribution in [3.63, 3.8) is 0 Å². The number of ether oxygens (including phenoxy) is 2. The summed E-state index contributed by atoms with van der Waals surface area (Å²) in [7, 11) is -4.03. The number of nitrogens with zero attached hydrogens (tertiary/aromatic N) is 1. The number of rotatable bonds is 18. The van der Waals surface area contributed by atoms with Gasteiger partial charge >= 0.3 is 12.0 Å². The fourth-order valence-corrected chi connectivity index (χ4v) is 8.63. The molecule has 12 nitrogen and oxygen atoms in total. The molecule has 1 aliphatic carbocycles. The van der Waals surface area contributed by atoms with Crippen LogP contribution in [-0.2, 0) is 24.3 Å². The summed E-state index contributed by atoms with van der Waals surface area (Å²) in [6.07, 6.45) is 4.50. The summed E-state index contributed by atoms with van der Waals surface area (Å²) < 4.78 is 53.3. The van der Waals surface area contributed by atoms with E-state index in [4.69, 9.17) is 14.6 Å². The normalized spacial score (nSPS) is 21.7. The Labute approximate surface area is 249 Å². The molecule has 1 aromatic carbocycles. The zero-order valence-corrected chi connectivity index (χ0v) is 25.2. The first-order valence-electron chi connectivity index (χ1n) is 14.2. The quantitative estimate of drug-likeness (QED) is 0.140. The number of carbonyl (C=O) groups is 3. The third kappa shape index (κ3) is 8.34. The molecule has 0 aromatic heterocycles. The Morgan fingerprint density at radius 1 is 1.14 bits per heavy atom. The second-order valence-electron chi connectivity index (χ2n) is 10.6. The Kier molecular flexibility index (Phi) is 11.5. The summed E-state index contributed by atoms with van der Waals surface area (Å²) in [5.41, 5.74) is -0.791. The van der Waals surface area contributed by atoms with E-state index in [2.05, 4.69) is 16.0 Å². The zero-order valence-electron chi connectivity index (χ0n) is 23.6. The number of halogens is 1. The maximum absolute atomic E-state index is 14.5. The van der Waals surface area contributed by atoms with Gasteiger partial charge in [0.15, 0.2) is 0 Å². The highest BCUT2D eigenvalue weighted by molar-refractivity contribution is 8.00. The number of urea groups is 1. The first-order valence-corrected chi connectivity index (χ1v) is 16.7. The van der Waals surface area contributed by atoms with Crippen LogP contribution in [0.15, 0.2) is 17.0 Å². The number of carboxylic acids is 1. The average molecular weight is 631 g/mol. The Bertz CT molecular complexity index is 1250. The maximum atomic E-state index is 14.5.